The van der Waals surface area contributed by atoms with E-state index in [1.54, 1.807) is 18.1 Å². The normalized spacial score (nSPS) is 16.5. The lowest BCUT2D eigenvalue weighted by Crippen LogP contribution is -2.37. The quantitative estimate of drug-likeness (QED) is 0.718. The first kappa shape index (κ1) is 22.3. The maximum atomic E-state index is 15.4. The fourth-order valence-electron chi connectivity index (χ4n) is 3.68. The number of ether oxygens (including phenoxy) is 1. The molecule has 164 valence electrons. The molecule has 0 unspecified atom stereocenters. The molecule has 0 N–H and O–H groups in total. The second-order valence-electron chi connectivity index (χ2n) is 9.11. The van der Waals surface area contributed by atoms with E-state index >= 15 is 4.39 Å². The van der Waals surface area contributed by atoms with Gasteiger partial charge in [-0.1, -0.05) is 27.7 Å². The van der Waals surface area contributed by atoms with Gasteiger partial charge in [-0.25, -0.2) is 14.4 Å². The second kappa shape index (κ2) is 8.79. The molecule has 0 spiro atoms. The number of amides is 1. The summed E-state index contributed by atoms with van der Waals surface area (Å²) in [7, 11) is 1.75. The average Bonchev–Trinajstić information content (AvgIpc) is 3.12. The van der Waals surface area contributed by atoms with Crippen LogP contribution in [0.4, 0.5) is 4.39 Å². The number of carbonyl (C=O) groups excluding carboxylic acids is 1. The van der Waals surface area contributed by atoms with E-state index < -0.39 is 5.67 Å². The van der Waals surface area contributed by atoms with Crippen LogP contribution in [-0.2, 0) is 16.7 Å². The Hall–Kier alpha value is -2.35. The lowest BCUT2D eigenvalue weighted by atomic mass is 9.93. The molecule has 2 aromatic heterocycles. The van der Waals surface area contributed by atoms with Crippen molar-refractivity contribution in [3.8, 4) is 11.4 Å². The number of imidazole rings is 1. The molecule has 1 amide bonds. The second-order valence-corrected chi connectivity index (χ2v) is 9.11. The largest absolute Gasteiger partial charge is 0.381 e. The van der Waals surface area contributed by atoms with E-state index in [2.05, 4.69) is 30.7 Å². The van der Waals surface area contributed by atoms with Crippen LogP contribution in [-0.4, -0.2) is 62.8 Å². The Bertz CT molecular complexity index is 884. The number of hydrogen-bond donors (Lipinski definition) is 0. The zero-order valence-corrected chi connectivity index (χ0v) is 18.6. The minimum Gasteiger partial charge on any atom is -0.381 e. The third-order valence-corrected chi connectivity index (χ3v) is 5.31. The van der Waals surface area contributed by atoms with Crippen molar-refractivity contribution in [1.29, 1.82) is 0 Å². The number of alkyl halides is 1. The number of hydrogen-bond acceptors (Lipinski definition) is 5. The molecule has 0 radical (unpaired) electrons. The lowest BCUT2D eigenvalue weighted by molar-refractivity contribution is -0.0184. The molecule has 7 nitrogen and oxygen atoms in total. The summed E-state index contributed by atoms with van der Waals surface area (Å²) in [6, 6.07) is 0. The first-order chi connectivity index (χ1) is 14.1. The van der Waals surface area contributed by atoms with Gasteiger partial charge in [0.05, 0.1) is 18.9 Å². The Morgan fingerprint density at radius 1 is 1.23 bits per heavy atom. The van der Waals surface area contributed by atoms with E-state index in [4.69, 9.17) is 9.72 Å². The Kier molecular flexibility index (Phi) is 6.55. The maximum absolute atomic E-state index is 15.4. The molecule has 1 aliphatic heterocycles. The fourth-order valence-corrected chi connectivity index (χ4v) is 3.68. The van der Waals surface area contributed by atoms with Gasteiger partial charge in [-0.15, -0.1) is 0 Å². The Labute approximate surface area is 177 Å². The van der Waals surface area contributed by atoms with Crippen LogP contribution in [0.1, 0.15) is 63.3 Å². The first-order valence-electron chi connectivity index (χ1n) is 10.6. The summed E-state index contributed by atoms with van der Waals surface area (Å²) in [6.45, 7) is 9.91. The van der Waals surface area contributed by atoms with Gasteiger partial charge < -0.3 is 14.2 Å². The van der Waals surface area contributed by atoms with Crippen molar-refractivity contribution in [3.05, 3.63) is 30.1 Å². The topological polar surface area (TPSA) is 73.1 Å². The van der Waals surface area contributed by atoms with Gasteiger partial charge in [0.25, 0.3) is 5.91 Å². The molecule has 1 fully saturated rings. The first-order valence-corrected chi connectivity index (χ1v) is 10.6. The van der Waals surface area contributed by atoms with Gasteiger partial charge in [0.1, 0.15) is 28.6 Å². The summed E-state index contributed by atoms with van der Waals surface area (Å²) in [5.41, 5.74) is -0.211. The van der Waals surface area contributed by atoms with Crippen molar-refractivity contribution in [1.82, 2.24) is 24.4 Å². The average molecular weight is 418 g/mol. The molecule has 1 saturated heterocycles. The highest BCUT2D eigenvalue weighted by Crippen LogP contribution is 2.32. The van der Waals surface area contributed by atoms with Gasteiger partial charge in [0.2, 0.25) is 0 Å². The Morgan fingerprint density at radius 2 is 1.93 bits per heavy atom. The van der Waals surface area contributed by atoms with Crippen LogP contribution in [0.15, 0.2) is 18.6 Å². The number of halogens is 1. The van der Waals surface area contributed by atoms with E-state index in [9.17, 15) is 4.79 Å². The number of rotatable bonds is 6. The van der Waals surface area contributed by atoms with Gasteiger partial charge >= 0.3 is 0 Å². The third-order valence-electron chi connectivity index (χ3n) is 5.31. The van der Waals surface area contributed by atoms with E-state index in [1.807, 2.05) is 17.7 Å². The van der Waals surface area contributed by atoms with Crippen molar-refractivity contribution in [2.75, 3.05) is 26.8 Å². The van der Waals surface area contributed by atoms with Gasteiger partial charge in [-0.05, 0) is 6.42 Å². The summed E-state index contributed by atoms with van der Waals surface area (Å²) >= 11 is 0. The summed E-state index contributed by atoms with van der Waals surface area (Å²) in [5, 5.41) is 0. The van der Waals surface area contributed by atoms with Crippen LogP contribution in [0, 0.1) is 0 Å². The highest BCUT2D eigenvalue weighted by Gasteiger charge is 2.35. The fraction of sp³-hybridized carbons (Fsp3) is 0.636. The van der Waals surface area contributed by atoms with Gasteiger partial charge in [0.15, 0.2) is 0 Å². The van der Waals surface area contributed by atoms with Crippen molar-refractivity contribution in [2.45, 2.75) is 64.6 Å². The van der Waals surface area contributed by atoms with E-state index in [-0.39, 0.29) is 23.6 Å². The molecule has 1 aliphatic rings. The van der Waals surface area contributed by atoms with Gasteiger partial charge in [0, 0.05) is 51.3 Å². The van der Waals surface area contributed by atoms with Crippen LogP contribution in [0.2, 0.25) is 0 Å². The van der Waals surface area contributed by atoms with E-state index in [0.717, 1.165) is 12.2 Å². The molecule has 30 heavy (non-hydrogen) atoms. The summed E-state index contributed by atoms with van der Waals surface area (Å²) < 4.78 is 22.6. The number of aromatic nitrogens is 4. The maximum Gasteiger partial charge on any atom is 0.273 e. The van der Waals surface area contributed by atoms with Crippen LogP contribution in [0.5, 0.6) is 0 Å². The molecule has 2 aromatic rings. The highest BCUT2D eigenvalue weighted by molar-refractivity contribution is 5.92. The van der Waals surface area contributed by atoms with Crippen LogP contribution < -0.4 is 0 Å². The molecule has 3 heterocycles. The summed E-state index contributed by atoms with van der Waals surface area (Å²) in [4.78, 5) is 27.7. The molecule has 0 atom stereocenters. The number of nitrogens with zero attached hydrogens (tertiary/aromatic N) is 5. The molecule has 8 heteroatoms. The molecular weight excluding hydrogens is 385 g/mol. The van der Waals surface area contributed by atoms with Crippen LogP contribution in [0.25, 0.3) is 11.4 Å². The van der Waals surface area contributed by atoms with E-state index in [0.29, 0.717) is 44.0 Å². The highest BCUT2D eigenvalue weighted by atomic mass is 19.1. The molecule has 0 aromatic carbocycles. The minimum absolute atomic E-state index is 0.174. The predicted molar refractivity (Wildman–Crippen MR) is 113 cm³/mol. The van der Waals surface area contributed by atoms with Crippen LogP contribution in [0.3, 0.4) is 0 Å². The zero-order valence-electron chi connectivity index (χ0n) is 18.6. The number of carbonyl (C=O) groups is 1. The Balaban J connectivity index is 1.94. The minimum atomic E-state index is -1.32. The lowest BCUT2D eigenvalue weighted by Gasteiger charge is -2.31. The predicted octanol–water partition coefficient (Wildman–Crippen LogP) is 3.64. The summed E-state index contributed by atoms with van der Waals surface area (Å²) in [5.74, 6) is 0.606. The van der Waals surface area contributed by atoms with Crippen molar-refractivity contribution in [3.63, 3.8) is 0 Å². The van der Waals surface area contributed by atoms with Gasteiger partial charge in [-0.2, -0.15) is 0 Å². The molecule has 0 bridgehead atoms. The van der Waals surface area contributed by atoms with Crippen molar-refractivity contribution < 1.29 is 13.9 Å². The molecule has 0 saturated carbocycles. The monoisotopic (exact) mass is 417 g/mol. The molecular formula is C22H32FN5O2. The van der Waals surface area contributed by atoms with Gasteiger partial charge in [-0.3, -0.25) is 9.78 Å². The van der Waals surface area contributed by atoms with Crippen molar-refractivity contribution in [2.24, 2.45) is 0 Å². The molecule has 3 rings (SSSR count). The SMILES string of the molecule is CCCN(C)C(=O)c1cncc(-c2cn(CC3(F)CCOCC3)c(C(C)(C)C)n2)n1. The van der Waals surface area contributed by atoms with Crippen LogP contribution >= 0.6 is 0 Å². The standard InChI is InChI=1S/C22H32FN5O2/c1-6-9-27(5)19(29)17-13-24-12-16(25-17)18-14-28(20(26-18)21(2,3)4)15-22(23)7-10-30-11-8-22/h12-14H,6-11,15H2,1-5H3. The Morgan fingerprint density at radius 3 is 2.57 bits per heavy atom. The smallest absolute Gasteiger partial charge is 0.273 e. The summed E-state index contributed by atoms with van der Waals surface area (Å²) in [6.07, 6.45) is 6.50. The third kappa shape index (κ3) is 5.03. The molecule has 0 aliphatic carbocycles. The van der Waals surface area contributed by atoms with Crippen molar-refractivity contribution >= 4 is 5.91 Å². The zero-order chi connectivity index (χ0) is 21.9. The van der Waals surface area contributed by atoms with E-state index in [1.165, 1.54) is 6.20 Å².